The van der Waals surface area contributed by atoms with Gasteiger partial charge in [-0.1, -0.05) is 12.1 Å². The maximum atomic E-state index is 11.3. The van der Waals surface area contributed by atoms with Crippen molar-refractivity contribution in [2.45, 2.75) is 13.5 Å². The number of aromatic nitrogens is 1. The number of pyridine rings is 1. The van der Waals surface area contributed by atoms with Crippen molar-refractivity contribution in [1.29, 1.82) is 0 Å². The Morgan fingerprint density at radius 1 is 1.33 bits per heavy atom. The van der Waals surface area contributed by atoms with Gasteiger partial charge in [0.05, 0.1) is 7.11 Å². The normalized spacial score (nSPS) is 10.2. The Labute approximate surface area is 123 Å². The van der Waals surface area contributed by atoms with Gasteiger partial charge in [-0.15, -0.1) is 0 Å². The van der Waals surface area contributed by atoms with Crippen LogP contribution in [0.1, 0.15) is 21.6 Å². The minimum atomic E-state index is -0.977. The van der Waals surface area contributed by atoms with E-state index < -0.39 is 5.97 Å². The van der Waals surface area contributed by atoms with Crippen molar-refractivity contribution in [3.8, 4) is 5.75 Å². The van der Waals surface area contributed by atoms with E-state index >= 15 is 0 Å². The van der Waals surface area contributed by atoms with Gasteiger partial charge >= 0.3 is 5.97 Å². The zero-order valence-electron chi connectivity index (χ0n) is 12.3. The lowest BCUT2D eigenvalue weighted by atomic mass is 10.2. The van der Waals surface area contributed by atoms with Crippen molar-refractivity contribution in [1.82, 2.24) is 4.98 Å². The SMILES string of the molecule is COc1cccc(CN(C)c2nc(C)ccc2C(=O)O)c1. The number of hydrogen-bond donors (Lipinski definition) is 1. The molecule has 2 rings (SSSR count). The summed E-state index contributed by atoms with van der Waals surface area (Å²) in [6.45, 7) is 2.39. The van der Waals surface area contributed by atoms with Crippen LogP contribution < -0.4 is 9.64 Å². The molecule has 5 nitrogen and oxygen atoms in total. The Morgan fingerprint density at radius 2 is 2.10 bits per heavy atom. The molecule has 110 valence electrons. The molecule has 5 heteroatoms. The van der Waals surface area contributed by atoms with E-state index in [2.05, 4.69) is 4.98 Å². The Bertz CT molecular complexity index is 656. The third-order valence-corrected chi connectivity index (χ3v) is 3.16. The molecule has 0 saturated heterocycles. The summed E-state index contributed by atoms with van der Waals surface area (Å²) in [4.78, 5) is 17.5. The fourth-order valence-corrected chi connectivity index (χ4v) is 2.12. The highest BCUT2D eigenvalue weighted by atomic mass is 16.5. The molecule has 0 aliphatic carbocycles. The Balaban J connectivity index is 2.29. The van der Waals surface area contributed by atoms with Crippen molar-refractivity contribution in [3.05, 3.63) is 53.2 Å². The molecule has 21 heavy (non-hydrogen) atoms. The standard InChI is InChI=1S/C16H18N2O3/c1-11-7-8-14(16(19)20)15(17-11)18(2)10-12-5-4-6-13(9-12)21-3/h4-9H,10H2,1-3H3,(H,19,20). The minimum absolute atomic E-state index is 0.200. The molecule has 0 bridgehead atoms. The summed E-state index contributed by atoms with van der Waals surface area (Å²) < 4.78 is 5.19. The van der Waals surface area contributed by atoms with Crippen molar-refractivity contribution >= 4 is 11.8 Å². The Kier molecular flexibility index (Phi) is 4.42. The first-order valence-electron chi connectivity index (χ1n) is 6.56. The van der Waals surface area contributed by atoms with E-state index in [1.807, 2.05) is 43.1 Å². The number of rotatable bonds is 5. The summed E-state index contributed by atoms with van der Waals surface area (Å²) in [5, 5.41) is 9.27. The zero-order chi connectivity index (χ0) is 15.4. The second-order valence-corrected chi connectivity index (χ2v) is 4.84. The smallest absolute Gasteiger partial charge is 0.339 e. The molecule has 0 aliphatic rings. The topological polar surface area (TPSA) is 62.7 Å². The van der Waals surface area contributed by atoms with Gasteiger partial charge in [0.1, 0.15) is 17.1 Å². The number of methoxy groups -OCH3 is 1. The van der Waals surface area contributed by atoms with Gasteiger partial charge in [-0.3, -0.25) is 0 Å². The van der Waals surface area contributed by atoms with Crippen LogP contribution in [-0.2, 0) is 6.54 Å². The highest BCUT2D eigenvalue weighted by Gasteiger charge is 2.15. The lowest BCUT2D eigenvalue weighted by molar-refractivity contribution is 0.0697. The molecule has 1 aromatic heterocycles. The molecule has 1 heterocycles. The Hall–Kier alpha value is -2.56. The van der Waals surface area contributed by atoms with E-state index in [0.29, 0.717) is 12.4 Å². The van der Waals surface area contributed by atoms with E-state index in [4.69, 9.17) is 4.74 Å². The third-order valence-electron chi connectivity index (χ3n) is 3.16. The average molecular weight is 286 g/mol. The Morgan fingerprint density at radius 3 is 2.76 bits per heavy atom. The fourth-order valence-electron chi connectivity index (χ4n) is 2.12. The number of carboxylic acids is 1. The molecular formula is C16H18N2O3. The van der Waals surface area contributed by atoms with Crippen LogP contribution in [0.4, 0.5) is 5.82 Å². The second-order valence-electron chi connectivity index (χ2n) is 4.84. The summed E-state index contributed by atoms with van der Waals surface area (Å²) >= 11 is 0. The summed E-state index contributed by atoms with van der Waals surface area (Å²) in [5.41, 5.74) is 2.01. The predicted octanol–water partition coefficient (Wildman–Crippen LogP) is 2.73. The quantitative estimate of drug-likeness (QED) is 0.915. The molecule has 0 radical (unpaired) electrons. The van der Waals surface area contributed by atoms with Crippen LogP contribution in [0.25, 0.3) is 0 Å². The molecular weight excluding hydrogens is 268 g/mol. The number of aromatic carboxylic acids is 1. The van der Waals surface area contributed by atoms with Gasteiger partial charge in [0.25, 0.3) is 0 Å². The lowest BCUT2D eigenvalue weighted by Gasteiger charge is -2.20. The average Bonchev–Trinajstić information content (AvgIpc) is 2.47. The van der Waals surface area contributed by atoms with Gasteiger partial charge in [0.2, 0.25) is 0 Å². The van der Waals surface area contributed by atoms with Crippen molar-refractivity contribution < 1.29 is 14.6 Å². The molecule has 1 aromatic carbocycles. The molecule has 0 saturated carbocycles. The van der Waals surface area contributed by atoms with Crippen LogP contribution in [0.5, 0.6) is 5.75 Å². The first kappa shape index (κ1) is 14.8. The van der Waals surface area contributed by atoms with Gasteiger partial charge < -0.3 is 14.7 Å². The maximum absolute atomic E-state index is 11.3. The van der Waals surface area contributed by atoms with Crippen LogP contribution >= 0.6 is 0 Å². The number of carbonyl (C=O) groups is 1. The molecule has 1 N–H and O–H groups in total. The van der Waals surface area contributed by atoms with Crippen molar-refractivity contribution in [2.75, 3.05) is 19.1 Å². The summed E-state index contributed by atoms with van der Waals surface area (Å²) in [6.07, 6.45) is 0. The van der Waals surface area contributed by atoms with Crippen LogP contribution in [0, 0.1) is 6.92 Å². The summed E-state index contributed by atoms with van der Waals surface area (Å²) in [7, 11) is 3.45. The summed E-state index contributed by atoms with van der Waals surface area (Å²) in [5.74, 6) is 0.261. The number of anilines is 1. The molecule has 0 atom stereocenters. The number of nitrogens with zero attached hydrogens (tertiary/aromatic N) is 2. The van der Waals surface area contributed by atoms with Gasteiger partial charge in [0, 0.05) is 19.3 Å². The first-order chi connectivity index (χ1) is 10.0. The molecule has 0 unspecified atom stereocenters. The number of ether oxygens (including phenoxy) is 1. The minimum Gasteiger partial charge on any atom is -0.497 e. The largest absolute Gasteiger partial charge is 0.497 e. The van der Waals surface area contributed by atoms with E-state index in [9.17, 15) is 9.90 Å². The number of hydrogen-bond acceptors (Lipinski definition) is 4. The monoisotopic (exact) mass is 286 g/mol. The molecule has 0 spiro atoms. The lowest BCUT2D eigenvalue weighted by Crippen LogP contribution is -2.21. The number of carboxylic acid groups (broad SMARTS) is 1. The molecule has 2 aromatic rings. The van der Waals surface area contributed by atoms with Gasteiger partial charge in [0.15, 0.2) is 0 Å². The third kappa shape index (κ3) is 3.51. The van der Waals surface area contributed by atoms with Crippen LogP contribution in [0.3, 0.4) is 0 Å². The van der Waals surface area contributed by atoms with Crippen molar-refractivity contribution in [2.24, 2.45) is 0 Å². The maximum Gasteiger partial charge on any atom is 0.339 e. The van der Waals surface area contributed by atoms with E-state index in [-0.39, 0.29) is 5.56 Å². The van der Waals surface area contributed by atoms with Crippen molar-refractivity contribution in [3.63, 3.8) is 0 Å². The second kappa shape index (κ2) is 6.26. The predicted molar refractivity (Wildman–Crippen MR) is 81.0 cm³/mol. The number of aryl methyl sites for hydroxylation is 1. The molecule has 0 fully saturated rings. The van der Waals surface area contributed by atoms with Gasteiger partial charge in [-0.25, -0.2) is 9.78 Å². The highest BCUT2D eigenvalue weighted by Crippen LogP contribution is 2.21. The molecule has 0 amide bonds. The number of benzene rings is 1. The first-order valence-corrected chi connectivity index (χ1v) is 6.56. The highest BCUT2D eigenvalue weighted by molar-refractivity contribution is 5.93. The van der Waals surface area contributed by atoms with Crippen LogP contribution in [0.15, 0.2) is 36.4 Å². The van der Waals surface area contributed by atoms with E-state index in [1.165, 1.54) is 0 Å². The van der Waals surface area contributed by atoms with E-state index in [0.717, 1.165) is 17.0 Å². The van der Waals surface area contributed by atoms with Gasteiger partial charge in [-0.05, 0) is 36.8 Å². The fraction of sp³-hybridized carbons (Fsp3) is 0.250. The molecule has 0 aliphatic heterocycles. The van der Waals surface area contributed by atoms with E-state index in [1.54, 1.807) is 19.2 Å². The summed E-state index contributed by atoms with van der Waals surface area (Å²) in [6, 6.07) is 11.0. The van der Waals surface area contributed by atoms with Crippen LogP contribution in [-0.4, -0.2) is 30.2 Å². The van der Waals surface area contributed by atoms with Crippen LogP contribution in [0.2, 0.25) is 0 Å². The zero-order valence-corrected chi connectivity index (χ0v) is 12.3. The van der Waals surface area contributed by atoms with Gasteiger partial charge in [-0.2, -0.15) is 0 Å².